The minimum Gasteiger partial charge on any atom is -0.451 e. The number of oxazole rings is 1. The van der Waals surface area contributed by atoms with Gasteiger partial charge in [-0.1, -0.05) is 18.2 Å². The van der Waals surface area contributed by atoms with E-state index in [9.17, 15) is 14.0 Å². The molecule has 0 aliphatic carbocycles. The first-order valence-electron chi connectivity index (χ1n) is 7.97. The van der Waals surface area contributed by atoms with Crippen LogP contribution in [0.15, 0.2) is 63.9 Å². The number of benzene rings is 2. The fraction of sp³-hybridized carbons (Fsp3) is 0.0526. The zero-order valence-corrected chi connectivity index (χ0v) is 13.8. The van der Waals surface area contributed by atoms with Gasteiger partial charge in [0.2, 0.25) is 5.89 Å². The van der Waals surface area contributed by atoms with E-state index in [1.165, 1.54) is 18.3 Å². The molecule has 4 rings (SSSR count). The first-order chi connectivity index (χ1) is 13.1. The summed E-state index contributed by atoms with van der Waals surface area (Å²) < 4.78 is 23.7. The first-order valence-corrected chi connectivity index (χ1v) is 7.97. The molecular weight excluding hydrogens is 353 g/mol. The quantitative estimate of drug-likeness (QED) is 0.558. The number of hydrogen-bond donors (Lipinski definition) is 1. The molecule has 0 spiro atoms. The number of fused-ring (bicyclic) bond motifs is 1. The number of carbonyl (C=O) groups is 1. The Morgan fingerprint density at radius 3 is 2.63 bits per heavy atom. The van der Waals surface area contributed by atoms with E-state index in [1.54, 1.807) is 36.4 Å². The molecule has 0 fully saturated rings. The Bertz CT molecular complexity index is 1180. The average Bonchev–Trinajstić information content (AvgIpc) is 3.16. The minimum absolute atomic E-state index is 0.00415. The molecule has 1 N–H and O–H groups in total. The van der Waals surface area contributed by atoms with E-state index in [-0.39, 0.29) is 24.0 Å². The number of ether oxygens (including phenoxy) is 1. The molecule has 8 heteroatoms. The van der Waals surface area contributed by atoms with E-state index in [2.05, 4.69) is 15.2 Å². The van der Waals surface area contributed by atoms with Gasteiger partial charge >= 0.3 is 5.97 Å². The molecule has 0 amide bonds. The van der Waals surface area contributed by atoms with Crippen molar-refractivity contribution in [3.8, 4) is 11.3 Å². The SMILES string of the molecule is O=C(OCc1ncc(-c2ccc(F)cc2)o1)c1n[nH]c(=O)c2ccccc12. The van der Waals surface area contributed by atoms with Crippen LogP contribution < -0.4 is 5.56 Å². The second kappa shape index (κ2) is 6.83. The van der Waals surface area contributed by atoms with Crippen molar-refractivity contribution in [3.05, 3.63) is 82.5 Å². The molecular formula is C19H12FN3O4. The fourth-order valence-corrected chi connectivity index (χ4v) is 2.59. The largest absolute Gasteiger partial charge is 0.451 e. The number of aromatic nitrogens is 3. The highest BCUT2D eigenvalue weighted by Gasteiger charge is 2.17. The van der Waals surface area contributed by atoms with Crippen LogP contribution in [0, 0.1) is 5.82 Å². The molecule has 2 heterocycles. The Kier molecular flexibility index (Phi) is 4.21. The number of H-pyrrole nitrogens is 1. The molecule has 4 aromatic rings. The molecule has 0 saturated carbocycles. The van der Waals surface area contributed by atoms with Crippen LogP contribution in [0.25, 0.3) is 22.1 Å². The van der Waals surface area contributed by atoms with Crippen LogP contribution >= 0.6 is 0 Å². The molecule has 0 atom stereocenters. The maximum absolute atomic E-state index is 13.0. The van der Waals surface area contributed by atoms with Crippen LogP contribution in [-0.2, 0) is 11.3 Å². The number of nitrogens with zero attached hydrogens (tertiary/aromatic N) is 2. The lowest BCUT2D eigenvalue weighted by molar-refractivity contribution is 0.0433. The van der Waals surface area contributed by atoms with Gasteiger partial charge in [-0.05, 0) is 30.3 Å². The Morgan fingerprint density at radius 2 is 1.85 bits per heavy atom. The first kappa shape index (κ1) is 16.6. The van der Waals surface area contributed by atoms with Crippen molar-refractivity contribution in [2.75, 3.05) is 0 Å². The number of halogens is 1. The normalized spacial score (nSPS) is 10.9. The standard InChI is InChI=1S/C19H12FN3O4/c20-12-7-5-11(6-8-12)15-9-21-16(27-15)10-26-19(25)17-13-3-1-2-4-14(13)18(24)23-22-17/h1-9H,10H2,(H,23,24). The van der Waals surface area contributed by atoms with Crippen molar-refractivity contribution in [1.82, 2.24) is 15.2 Å². The summed E-state index contributed by atoms with van der Waals surface area (Å²) in [5, 5.41) is 6.79. The summed E-state index contributed by atoms with van der Waals surface area (Å²) in [7, 11) is 0. The summed E-state index contributed by atoms with van der Waals surface area (Å²) >= 11 is 0. The monoisotopic (exact) mass is 365 g/mol. The number of carbonyl (C=O) groups excluding carboxylic acids is 1. The van der Waals surface area contributed by atoms with Crippen molar-refractivity contribution < 1.29 is 18.3 Å². The predicted molar refractivity (Wildman–Crippen MR) is 93.4 cm³/mol. The van der Waals surface area contributed by atoms with E-state index >= 15 is 0 Å². The maximum Gasteiger partial charge on any atom is 0.359 e. The summed E-state index contributed by atoms with van der Waals surface area (Å²) in [6, 6.07) is 12.3. The van der Waals surface area contributed by atoms with Crippen LogP contribution in [0.4, 0.5) is 4.39 Å². The fourth-order valence-electron chi connectivity index (χ4n) is 2.59. The summed E-state index contributed by atoms with van der Waals surface area (Å²) in [6.45, 7) is -0.213. The molecule has 7 nitrogen and oxygen atoms in total. The van der Waals surface area contributed by atoms with Gasteiger partial charge in [0.25, 0.3) is 5.56 Å². The topological polar surface area (TPSA) is 98.1 Å². The second-order valence-corrected chi connectivity index (χ2v) is 5.65. The second-order valence-electron chi connectivity index (χ2n) is 5.65. The number of hydrogen-bond acceptors (Lipinski definition) is 6. The van der Waals surface area contributed by atoms with Gasteiger partial charge < -0.3 is 9.15 Å². The Morgan fingerprint density at radius 1 is 1.11 bits per heavy atom. The van der Waals surface area contributed by atoms with Gasteiger partial charge in [0, 0.05) is 10.9 Å². The molecule has 0 radical (unpaired) electrons. The molecule has 0 saturated heterocycles. The molecule has 0 bridgehead atoms. The molecule has 0 unspecified atom stereocenters. The van der Waals surface area contributed by atoms with E-state index in [0.29, 0.717) is 22.1 Å². The van der Waals surface area contributed by atoms with E-state index in [1.807, 2.05) is 0 Å². The van der Waals surface area contributed by atoms with Crippen molar-refractivity contribution in [1.29, 1.82) is 0 Å². The molecule has 2 aromatic heterocycles. The molecule has 0 aliphatic rings. The summed E-state index contributed by atoms with van der Waals surface area (Å²) in [6.07, 6.45) is 1.46. The van der Waals surface area contributed by atoms with Gasteiger partial charge in [0.15, 0.2) is 18.1 Å². The smallest absolute Gasteiger partial charge is 0.359 e. The van der Waals surface area contributed by atoms with Crippen molar-refractivity contribution in [2.45, 2.75) is 6.61 Å². The molecule has 2 aromatic carbocycles. The lowest BCUT2D eigenvalue weighted by Crippen LogP contribution is -2.16. The number of nitrogens with one attached hydrogen (secondary N) is 1. The Labute approximate surface area is 151 Å². The number of aromatic amines is 1. The highest BCUT2D eigenvalue weighted by molar-refractivity contribution is 6.01. The molecule has 134 valence electrons. The van der Waals surface area contributed by atoms with Gasteiger partial charge in [-0.2, -0.15) is 5.10 Å². The van der Waals surface area contributed by atoms with Crippen LogP contribution in [-0.4, -0.2) is 21.2 Å². The van der Waals surface area contributed by atoms with Gasteiger partial charge in [0.1, 0.15) is 5.82 Å². The summed E-state index contributed by atoms with van der Waals surface area (Å²) in [5.41, 5.74) is 0.254. The van der Waals surface area contributed by atoms with Gasteiger partial charge in [0.05, 0.1) is 11.6 Å². The Hall–Kier alpha value is -3.81. The van der Waals surface area contributed by atoms with E-state index in [0.717, 1.165) is 0 Å². The molecule has 27 heavy (non-hydrogen) atoms. The molecule has 0 aliphatic heterocycles. The van der Waals surface area contributed by atoms with Crippen LogP contribution in [0.1, 0.15) is 16.4 Å². The van der Waals surface area contributed by atoms with Crippen molar-refractivity contribution in [3.63, 3.8) is 0 Å². The number of esters is 1. The average molecular weight is 365 g/mol. The predicted octanol–water partition coefficient (Wildman–Crippen LogP) is 3.07. The summed E-state index contributed by atoms with van der Waals surface area (Å²) in [5.74, 6) is -0.470. The highest BCUT2D eigenvalue weighted by Crippen LogP contribution is 2.21. The van der Waals surface area contributed by atoms with Crippen molar-refractivity contribution in [2.24, 2.45) is 0 Å². The number of rotatable bonds is 4. The third-order valence-corrected chi connectivity index (χ3v) is 3.90. The Balaban J connectivity index is 1.51. The van der Waals surface area contributed by atoms with Crippen LogP contribution in [0.3, 0.4) is 0 Å². The van der Waals surface area contributed by atoms with Gasteiger partial charge in [-0.3, -0.25) is 4.79 Å². The van der Waals surface area contributed by atoms with E-state index < -0.39 is 11.5 Å². The maximum atomic E-state index is 13.0. The summed E-state index contributed by atoms with van der Waals surface area (Å²) in [4.78, 5) is 28.2. The lowest BCUT2D eigenvalue weighted by atomic mass is 10.1. The zero-order valence-electron chi connectivity index (χ0n) is 13.8. The highest BCUT2D eigenvalue weighted by atomic mass is 19.1. The van der Waals surface area contributed by atoms with Crippen LogP contribution in [0.5, 0.6) is 0 Å². The van der Waals surface area contributed by atoms with Gasteiger partial charge in [-0.25, -0.2) is 19.3 Å². The third kappa shape index (κ3) is 3.32. The van der Waals surface area contributed by atoms with Crippen LogP contribution in [0.2, 0.25) is 0 Å². The van der Waals surface area contributed by atoms with Gasteiger partial charge in [-0.15, -0.1) is 0 Å². The minimum atomic E-state index is -0.719. The van der Waals surface area contributed by atoms with Crippen molar-refractivity contribution >= 4 is 16.7 Å². The zero-order chi connectivity index (χ0) is 18.8. The van der Waals surface area contributed by atoms with E-state index in [4.69, 9.17) is 9.15 Å². The lowest BCUT2D eigenvalue weighted by Gasteiger charge is -2.04. The third-order valence-electron chi connectivity index (χ3n) is 3.90.